The van der Waals surface area contributed by atoms with Crippen LogP contribution >= 0.6 is 0 Å². The van der Waals surface area contributed by atoms with Crippen molar-refractivity contribution in [2.24, 2.45) is 0 Å². The molecule has 0 rings (SSSR count). The summed E-state index contributed by atoms with van der Waals surface area (Å²) in [6.07, 6.45) is 0.547. The summed E-state index contributed by atoms with van der Waals surface area (Å²) in [6.45, 7) is 0.816. The molecule has 1 amide bonds. The topological polar surface area (TPSA) is 72.5 Å². The van der Waals surface area contributed by atoms with Gasteiger partial charge in [-0.25, -0.2) is 0 Å². The van der Waals surface area contributed by atoms with Crippen LogP contribution in [0.15, 0.2) is 0 Å². The normalized spacial score (nSPS) is 8.45. The zero-order valence-electron chi connectivity index (χ0n) is 6.12. The van der Waals surface area contributed by atoms with Gasteiger partial charge in [-0.3, -0.25) is 9.59 Å². The first-order valence-corrected chi connectivity index (χ1v) is 3.00. The standard InChI is InChI=1S/C6H9NO4/c1-5(9)11-4-6(10)7-2-3-8/h3H,2,4H2,1H3,(H,7,10). The molecule has 0 aromatic heterocycles. The summed E-state index contributed by atoms with van der Waals surface area (Å²) in [6, 6.07) is 0. The third-order valence-corrected chi connectivity index (χ3v) is 0.789. The van der Waals surface area contributed by atoms with Crippen LogP contribution in [0.25, 0.3) is 0 Å². The summed E-state index contributed by atoms with van der Waals surface area (Å²) in [5, 5.41) is 2.20. The Kier molecular flexibility index (Phi) is 4.72. The van der Waals surface area contributed by atoms with Crippen LogP contribution in [-0.4, -0.2) is 31.3 Å². The lowest BCUT2D eigenvalue weighted by Gasteiger charge is -2.00. The Bertz CT molecular complexity index is 166. The minimum atomic E-state index is -0.522. The zero-order chi connectivity index (χ0) is 8.69. The quantitative estimate of drug-likeness (QED) is 0.416. The highest BCUT2D eigenvalue weighted by atomic mass is 16.5. The van der Waals surface area contributed by atoms with E-state index in [4.69, 9.17) is 0 Å². The minimum absolute atomic E-state index is 0.0555. The SMILES string of the molecule is CC(=O)OCC(=O)NCC=O. The highest BCUT2D eigenvalue weighted by Crippen LogP contribution is 1.74. The number of aldehydes is 1. The summed E-state index contributed by atoms with van der Waals surface area (Å²) >= 11 is 0. The van der Waals surface area contributed by atoms with Crippen LogP contribution in [0.3, 0.4) is 0 Å². The summed E-state index contributed by atoms with van der Waals surface area (Å²) in [5.74, 6) is -1.00. The van der Waals surface area contributed by atoms with Crippen molar-refractivity contribution in [2.75, 3.05) is 13.2 Å². The number of carbonyl (C=O) groups excluding carboxylic acids is 3. The molecule has 0 aliphatic heterocycles. The third kappa shape index (κ3) is 6.50. The van der Waals surface area contributed by atoms with Crippen LogP contribution in [-0.2, 0) is 19.1 Å². The van der Waals surface area contributed by atoms with Crippen molar-refractivity contribution >= 4 is 18.2 Å². The van der Waals surface area contributed by atoms with Gasteiger partial charge in [0.1, 0.15) is 6.29 Å². The van der Waals surface area contributed by atoms with Gasteiger partial charge in [0.25, 0.3) is 5.91 Å². The first-order valence-electron chi connectivity index (χ1n) is 3.00. The average molecular weight is 159 g/mol. The summed E-state index contributed by atoms with van der Waals surface area (Å²) in [4.78, 5) is 30.4. The maximum Gasteiger partial charge on any atom is 0.303 e. The van der Waals surface area contributed by atoms with E-state index in [1.165, 1.54) is 6.92 Å². The molecule has 0 aliphatic carbocycles. The molecule has 5 nitrogen and oxygen atoms in total. The van der Waals surface area contributed by atoms with E-state index in [-0.39, 0.29) is 13.2 Å². The summed E-state index contributed by atoms with van der Waals surface area (Å²) in [7, 11) is 0. The van der Waals surface area contributed by atoms with Crippen LogP contribution in [0.4, 0.5) is 0 Å². The number of hydrogen-bond acceptors (Lipinski definition) is 4. The Hall–Kier alpha value is -1.39. The first kappa shape index (κ1) is 9.61. The molecule has 0 atom stereocenters. The Balaban J connectivity index is 3.37. The van der Waals surface area contributed by atoms with Gasteiger partial charge in [0, 0.05) is 6.92 Å². The van der Waals surface area contributed by atoms with Crippen molar-refractivity contribution in [2.45, 2.75) is 6.92 Å². The Morgan fingerprint density at radius 1 is 1.55 bits per heavy atom. The molecule has 0 saturated heterocycles. The van der Waals surface area contributed by atoms with Crippen molar-refractivity contribution in [3.05, 3.63) is 0 Å². The largest absolute Gasteiger partial charge is 0.456 e. The fraction of sp³-hybridized carbons (Fsp3) is 0.500. The molecule has 0 spiro atoms. The lowest BCUT2D eigenvalue weighted by atomic mass is 10.6. The van der Waals surface area contributed by atoms with E-state index < -0.39 is 11.9 Å². The van der Waals surface area contributed by atoms with Gasteiger partial charge < -0.3 is 14.8 Å². The second-order valence-corrected chi connectivity index (χ2v) is 1.75. The van der Waals surface area contributed by atoms with Gasteiger partial charge in [-0.05, 0) is 0 Å². The molecule has 0 fully saturated rings. The lowest BCUT2D eigenvalue weighted by Crippen LogP contribution is -2.29. The number of nitrogens with one attached hydrogen (secondary N) is 1. The molecule has 1 N–H and O–H groups in total. The van der Waals surface area contributed by atoms with Gasteiger partial charge >= 0.3 is 5.97 Å². The van der Waals surface area contributed by atoms with Crippen molar-refractivity contribution in [3.8, 4) is 0 Å². The Morgan fingerprint density at radius 3 is 2.64 bits per heavy atom. The highest BCUT2D eigenvalue weighted by Gasteiger charge is 2.00. The number of carbonyl (C=O) groups is 3. The van der Waals surface area contributed by atoms with Crippen molar-refractivity contribution in [3.63, 3.8) is 0 Å². The maximum atomic E-state index is 10.6. The average Bonchev–Trinajstić information content (AvgIpc) is 1.97. The predicted octanol–water partition coefficient (Wildman–Crippen LogP) is -1.14. The number of hydrogen-bond donors (Lipinski definition) is 1. The summed E-state index contributed by atoms with van der Waals surface area (Å²) < 4.78 is 4.33. The number of rotatable bonds is 4. The predicted molar refractivity (Wildman–Crippen MR) is 35.7 cm³/mol. The van der Waals surface area contributed by atoms with E-state index in [1.54, 1.807) is 0 Å². The Labute approximate surface area is 63.7 Å². The van der Waals surface area contributed by atoms with E-state index in [9.17, 15) is 14.4 Å². The van der Waals surface area contributed by atoms with Gasteiger partial charge in [0.2, 0.25) is 0 Å². The molecule has 0 heterocycles. The molecule has 5 heteroatoms. The molecular formula is C6H9NO4. The number of amides is 1. The van der Waals surface area contributed by atoms with E-state index >= 15 is 0 Å². The molecule has 11 heavy (non-hydrogen) atoms. The van der Waals surface area contributed by atoms with Crippen LogP contribution in [0, 0.1) is 0 Å². The number of esters is 1. The van der Waals surface area contributed by atoms with E-state index in [1.807, 2.05) is 0 Å². The molecule has 0 aliphatic rings. The molecule has 0 unspecified atom stereocenters. The van der Waals surface area contributed by atoms with Gasteiger partial charge in [-0.1, -0.05) is 0 Å². The smallest absolute Gasteiger partial charge is 0.303 e. The van der Waals surface area contributed by atoms with Gasteiger partial charge in [0.05, 0.1) is 6.54 Å². The highest BCUT2D eigenvalue weighted by molar-refractivity contribution is 5.81. The van der Waals surface area contributed by atoms with Crippen LogP contribution in [0.5, 0.6) is 0 Å². The van der Waals surface area contributed by atoms with Crippen molar-refractivity contribution in [1.29, 1.82) is 0 Å². The van der Waals surface area contributed by atoms with Crippen LogP contribution < -0.4 is 5.32 Å². The molecule has 62 valence electrons. The molecule has 0 saturated carbocycles. The van der Waals surface area contributed by atoms with Gasteiger partial charge in [0.15, 0.2) is 6.61 Å². The second-order valence-electron chi connectivity index (χ2n) is 1.75. The first-order chi connectivity index (χ1) is 5.16. The molecule has 0 aromatic carbocycles. The molecule has 0 aromatic rings. The van der Waals surface area contributed by atoms with Crippen LogP contribution in [0.1, 0.15) is 6.92 Å². The Morgan fingerprint density at radius 2 is 2.18 bits per heavy atom. The molecular weight excluding hydrogens is 150 g/mol. The van der Waals surface area contributed by atoms with E-state index in [2.05, 4.69) is 10.1 Å². The zero-order valence-corrected chi connectivity index (χ0v) is 6.12. The third-order valence-electron chi connectivity index (χ3n) is 0.789. The second kappa shape index (κ2) is 5.40. The molecule has 0 bridgehead atoms. The fourth-order valence-corrected chi connectivity index (χ4v) is 0.374. The molecule has 0 radical (unpaired) electrons. The van der Waals surface area contributed by atoms with E-state index in [0.717, 1.165) is 0 Å². The van der Waals surface area contributed by atoms with Crippen molar-refractivity contribution < 1.29 is 19.1 Å². The van der Waals surface area contributed by atoms with Gasteiger partial charge in [-0.2, -0.15) is 0 Å². The van der Waals surface area contributed by atoms with Crippen LogP contribution in [0.2, 0.25) is 0 Å². The monoisotopic (exact) mass is 159 g/mol. The fourth-order valence-electron chi connectivity index (χ4n) is 0.374. The summed E-state index contributed by atoms with van der Waals surface area (Å²) in [5.41, 5.74) is 0. The minimum Gasteiger partial charge on any atom is -0.456 e. The van der Waals surface area contributed by atoms with E-state index in [0.29, 0.717) is 6.29 Å². The van der Waals surface area contributed by atoms with Crippen molar-refractivity contribution in [1.82, 2.24) is 5.32 Å². The lowest BCUT2D eigenvalue weighted by molar-refractivity contribution is -0.146. The van der Waals surface area contributed by atoms with Gasteiger partial charge in [-0.15, -0.1) is 0 Å². The maximum absolute atomic E-state index is 10.6. The number of ether oxygens (including phenoxy) is 1.